The molecule has 1 heterocycles. The van der Waals surface area contributed by atoms with E-state index >= 15 is 0 Å². The third-order valence-corrected chi connectivity index (χ3v) is 5.25. The van der Waals surface area contributed by atoms with E-state index in [1.165, 1.54) is 18.4 Å². The molecule has 4 nitrogen and oxygen atoms in total. The highest BCUT2D eigenvalue weighted by Gasteiger charge is 2.37. The van der Waals surface area contributed by atoms with Crippen molar-refractivity contribution in [3.8, 4) is 0 Å². The van der Waals surface area contributed by atoms with Crippen LogP contribution in [0.2, 0.25) is 0 Å². The smallest absolute Gasteiger partial charge is 0.239 e. The van der Waals surface area contributed by atoms with E-state index in [1.807, 2.05) is 7.05 Å². The van der Waals surface area contributed by atoms with Crippen molar-refractivity contribution in [1.82, 2.24) is 10.2 Å². The molecule has 2 aliphatic rings. The van der Waals surface area contributed by atoms with Gasteiger partial charge in [-0.25, -0.2) is 0 Å². The predicted molar refractivity (Wildman–Crippen MR) is 86.8 cm³/mol. The Hall–Kier alpha value is -1.39. The number of amides is 1. The molecule has 4 heteroatoms. The van der Waals surface area contributed by atoms with Crippen molar-refractivity contribution in [3.05, 3.63) is 35.9 Å². The fourth-order valence-electron chi connectivity index (χ4n) is 3.75. The summed E-state index contributed by atoms with van der Waals surface area (Å²) in [4.78, 5) is 14.6. The number of hydrogen-bond acceptors (Lipinski definition) is 3. The maximum absolute atomic E-state index is 12.5. The summed E-state index contributed by atoms with van der Waals surface area (Å²) in [6, 6.07) is 10.5. The van der Waals surface area contributed by atoms with Gasteiger partial charge < -0.3 is 10.1 Å². The molecule has 0 aromatic heterocycles. The number of carbonyl (C=O) groups is 1. The van der Waals surface area contributed by atoms with Crippen LogP contribution in [0, 0.1) is 0 Å². The van der Waals surface area contributed by atoms with Crippen LogP contribution in [0.25, 0.3) is 0 Å². The fraction of sp³-hybridized carbons (Fsp3) is 0.611. The van der Waals surface area contributed by atoms with E-state index in [1.54, 1.807) is 0 Å². The molecule has 3 rings (SSSR count). The lowest BCUT2D eigenvalue weighted by atomic mass is 9.79. The van der Waals surface area contributed by atoms with Gasteiger partial charge in [0, 0.05) is 18.5 Å². The van der Waals surface area contributed by atoms with E-state index < -0.39 is 0 Å². The molecule has 0 bridgehead atoms. The molecule has 0 radical (unpaired) electrons. The van der Waals surface area contributed by atoms with Gasteiger partial charge in [-0.1, -0.05) is 43.2 Å². The van der Waals surface area contributed by atoms with Gasteiger partial charge in [0.2, 0.25) is 5.91 Å². The molecule has 1 aliphatic heterocycles. The summed E-state index contributed by atoms with van der Waals surface area (Å²) in [7, 11) is 2.00. The molecular formula is C18H26N2O2. The van der Waals surface area contributed by atoms with E-state index in [4.69, 9.17) is 4.74 Å². The Balaban J connectivity index is 1.66. The Morgan fingerprint density at radius 3 is 2.73 bits per heavy atom. The van der Waals surface area contributed by atoms with Gasteiger partial charge in [0.1, 0.15) is 6.04 Å². The zero-order valence-corrected chi connectivity index (χ0v) is 13.4. The van der Waals surface area contributed by atoms with Gasteiger partial charge in [0.05, 0.1) is 13.2 Å². The molecule has 1 N–H and O–H groups in total. The van der Waals surface area contributed by atoms with E-state index in [2.05, 4.69) is 40.5 Å². The highest BCUT2D eigenvalue weighted by molar-refractivity contribution is 5.82. The molecule has 1 aromatic carbocycles. The number of morpholine rings is 1. The number of likely N-dealkylation sites (N-methyl/N-ethyl adjacent to an activating group) is 1. The Labute approximate surface area is 132 Å². The lowest BCUT2D eigenvalue weighted by Crippen LogP contribution is -2.53. The first-order valence-corrected chi connectivity index (χ1v) is 8.32. The lowest BCUT2D eigenvalue weighted by molar-refractivity contribution is -0.131. The largest absolute Gasteiger partial charge is 0.378 e. The van der Waals surface area contributed by atoms with Gasteiger partial charge in [-0.15, -0.1) is 0 Å². The van der Waals surface area contributed by atoms with Crippen molar-refractivity contribution in [2.75, 3.05) is 33.4 Å². The van der Waals surface area contributed by atoms with Gasteiger partial charge in [-0.3, -0.25) is 9.69 Å². The first-order valence-electron chi connectivity index (χ1n) is 8.32. The van der Waals surface area contributed by atoms with Crippen molar-refractivity contribution in [1.29, 1.82) is 0 Å². The van der Waals surface area contributed by atoms with Crippen molar-refractivity contribution >= 4 is 5.91 Å². The van der Waals surface area contributed by atoms with Crippen LogP contribution < -0.4 is 5.32 Å². The number of hydrogen-bond donors (Lipinski definition) is 1. The molecule has 1 aromatic rings. The van der Waals surface area contributed by atoms with Gasteiger partial charge in [0.25, 0.3) is 0 Å². The zero-order valence-electron chi connectivity index (χ0n) is 13.4. The second-order valence-electron chi connectivity index (χ2n) is 6.64. The van der Waals surface area contributed by atoms with Crippen molar-refractivity contribution in [2.45, 2.75) is 37.1 Å². The van der Waals surface area contributed by atoms with E-state index in [-0.39, 0.29) is 17.4 Å². The van der Waals surface area contributed by atoms with E-state index in [9.17, 15) is 4.79 Å². The summed E-state index contributed by atoms with van der Waals surface area (Å²) in [5.41, 5.74) is 1.48. The highest BCUT2D eigenvalue weighted by atomic mass is 16.5. The lowest BCUT2D eigenvalue weighted by Gasteiger charge is -2.34. The normalized spacial score (nSPS) is 25.0. The van der Waals surface area contributed by atoms with Crippen LogP contribution in [0.3, 0.4) is 0 Å². The number of benzene rings is 1. The van der Waals surface area contributed by atoms with Gasteiger partial charge in [-0.05, 0) is 25.5 Å². The molecule has 1 unspecified atom stereocenters. The third-order valence-electron chi connectivity index (χ3n) is 5.25. The molecule has 1 amide bonds. The van der Waals surface area contributed by atoms with Crippen LogP contribution in [-0.4, -0.2) is 50.2 Å². The monoisotopic (exact) mass is 302 g/mol. The first kappa shape index (κ1) is 15.5. The standard InChI is InChI=1S/C18H26N2O2/c1-20-11-12-22-13-16(20)17(21)19-14-18(9-5-6-10-18)15-7-3-2-4-8-15/h2-4,7-8,16H,5-6,9-14H2,1H3,(H,19,21). The quantitative estimate of drug-likeness (QED) is 0.924. The van der Waals surface area contributed by atoms with Crippen molar-refractivity contribution in [2.24, 2.45) is 0 Å². The zero-order chi connectivity index (χ0) is 15.4. The molecule has 120 valence electrons. The molecular weight excluding hydrogens is 276 g/mol. The SMILES string of the molecule is CN1CCOCC1C(=O)NCC1(c2ccccc2)CCCC1. The van der Waals surface area contributed by atoms with Gasteiger partial charge >= 0.3 is 0 Å². The first-order chi connectivity index (χ1) is 10.7. The van der Waals surface area contributed by atoms with Gasteiger partial charge in [-0.2, -0.15) is 0 Å². The minimum Gasteiger partial charge on any atom is -0.378 e. The number of nitrogens with zero attached hydrogens (tertiary/aromatic N) is 1. The molecule has 0 spiro atoms. The Morgan fingerprint density at radius 2 is 2.05 bits per heavy atom. The second-order valence-corrected chi connectivity index (χ2v) is 6.64. The summed E-state index contributed by atoms with van der Waals surface area (Å²) in [5, 5.41) is 3.20. The molecule has 1 saturated heterocycles. The summed E-state index contributed by atoms with van der Waals surface area (Å²) < 4.78 is 5.45. The topological polar surface area (TPSA) is 41.6 Å². The average molecular weight is 302 g/mol. The molecule has 2 fully saturated rings. The Morgan fingerprint density at radius 1 is 1.32 bits per heavy atom. The number of rotatable bonds is 4. The summed E-state index contributed by atoms with van der Waals surface area (Å²) in [5.74, 6) is 0.101. The molecule has 1 aliphatic carbocycles. The summed E-state index contributed by atoms with van der Waals surface area (Å²) >= 11 is 0. The van der Waals surface area contributed by atoms with Crippen molar-refractivity contribution in [3.63, 3.8) is 0 Å². The van der Waals surface area contributed by atoms with Crippen LogP contribution >= 0.6 is 0 Å². The third kappa shape index (κ3) is 3.18. The maximum Gasteiger partial charge on any atom is 0.239 e. The van der Waals surface area contributed by atoms with Crippen LogP contribution in [0.15, 0.2) is 30.3 Å². The molecule has 1 saturated carbocycles. The van der Waals surface area contributed by atoms with Crippen LogP contribution in [0.5, 0.6) is 0 Å². The number of nitrogens with one attached hydrogen (secondary N) is 1. The van der Waals surface area contributed by atoms with Crippen LogP contribution in [0.4, 0.5) is 0 Å². The summed E-state index contributed by atoms with van der Waals surface area (Å²) in [6.45, 7) is 2.77. The minimum atomic E-state index is -0.150. The Bertz CT molecular complexity index is 497. The Kier molecular flexibility index (Phi) is 4.79. The number of carbonyl (C=O) groups excluding carboxylic acids is 1. The predicted octanol–water partition coefficient (Wildman–Crippen LogP) is 1.95. The number of ether oxygens (including phenoxy) is 1. The fourth-order valence-corrected chi connectivity index (χ4v) is 3.75. The minimum absolute atomic E-state index is 0.101. The maximum atomic E-state index is 12.5. The molecule has 1 atom stereocenters. The van der Waals surface area contributed by atoms with Crippen molar-refractivity contribution < 1.29 is 9.53 Å². The van der Waals surface area contributed by atoms with Crippen LogP contribution in [-0.2, 0) is 14.9 Å². The van der Waals surface area contributed by atoms with Crippen LogP contribution in [0.1, 0.15) is 31.2 Å². The van der Waals surface area contributed by atoms with Gasteiger partial charge in [0.15, 0.2) is 0 Å². The second kappa shape index (κ2) is 6.80. The summed E-state index contributed by atoms with van der Waals surface area (Å²) in [6.07, 6.45) is 4.82. The van der Waals surface area contributed by atoms with E-state index in [0.29, 0.717) is 13.2 Å². The van der Waals surface area contributed by atoms with E-state index in [0.717, 1.165) is 25.9 Å². The molecule has 22 heavy (non-hydrogen) atoms. The highest BCUT2D eigenvalue weighted by Crippen LogP contribution is 2.40. The average Bonchev–Trinajstić information content (AvgIpc) is 3.04.